The zero-order valence-electron chi connectivity index (χ0n) is 17.7. The van der Waals surface area contributed by atoms with Crippen LogP contribution < -0.4 is 15.0 Å². The number of nitro groups is 1. The lowest BCUT2D eigenvalue weighted by Crippen LogP contribution is -2.24. The molecule has 0 aliphatic heterocycles. The number of rotatable bonds is 13. The number of non-ortho nitro benzene ring substituents is 1. The summed E-state index contributed by atoms with van der Waals surface area (Å²) in [5.74, 6) is 0.531. The van der Waals surface area contributed by atoms with Crippen LogP contribution in [-0.4, -0.2) is 23.2 Å². The topological polar surface area (TPSA) is 83.6 Å². The van der Waals surface area contributed by atoms with Gasteiger partial charge in [-0.05, 0) is 18.9 Å². The van der Waals surface area contributed by atoms with Crippen LogP contribution in [0.2, 0.25) is 0 Å². The molecule has 0 atom stereocenters. The molecule has 0 fully saturated rings. The second-order valence-corrected chi connectivity index (χ2v) is 7.25. The van der Waals surface area contributed by atoms with E-state index in [0.717, 1.165) is 32.1 Å². The van der Waals surface area contributed by atoms with Gasteiger partial charge in [0.2, 0.25) is 5.75 Å². The summed E-state index contributed by atoms with van der Waals surface area (Å²) in [7, 11) is 1.49. The summed E-state index contributed by atoms with van der Waals surface area (Å²) in [5.41, 5.74) is 0.173. The molecule has 0 amide bonds. The molecule has 1 aromatic carbocycles. The fraction of sp³-hybridized carbons (Fsp3) is 0.591. The average Bonchev–Trinajstić information content (AvgIpc) is 2.72. The molecule has 0 spiro atoms. The lowest BCUT2D eigenvalue weighted by molar-refractivity contribution is -0.384. The summed E-state index contributed by atoms with van der Waals surface area (Å²) < 4.78 is 12.9. The minimum atomic E-state index is -0.447. The summed E-state index contributed by atoms with van der Waals surface area (Å²) in [6.07, 6.45) is 8.34. The van der Waals surface area contributed by atoms with E-state index in [0.29, 0.717) is 29.8 Å². The van der Waals surface area contributed by atoms with Crippen molar-refractivity contribution in [1.82, 2.24) is 4.57 Å². The van der Waals surface area contributed by atoms with E-state index >= 15 is 0 Å². The van der Waals surface area contributed by atoms with Crippen LogP contribution in [0.5, 0.6) is 11.5 Å². The van der Waals surface area contributed by atoms with E-state index in [-0.39, 0.29) is 17.0 Å². The van der Waals surface area contributed by atoms with Crippen LogP contribution in [0.15, 0.2) is 23.0 Å². The van der Waals surface area contributed by atoms with Crippen molar-refractivity contribution in [3.63, 3.8) is 0 Å². The normalized spacial score (nSPS) is 11.0. The van der Waals surface area contributed by atoms with Crippen molar-refractivity contribution < 1.29 is 14.4 Å². The molecule has 0 saturated carbocycles. The highest BCUT2D eigenvalue weighted by atomic mass is 16.6. The molecular formula is C22H32N2O5. The minimum absolute atomic E-state index is 0.0460. The Morgan fingerprint density at radius 3 is 2.34 bits per heavy atom. The molecule has 29 heavy (non-hydrogen) atoms. The Balaban J connectivity index is 2.45. The van der Waals surface area contributed by atoms with Crippen LogP contribution in [-0.2, 0) is 6.54 Å². The third-order valence-corrected chi connectivity index (χ3v) is 5.06. The number of pyridine rings is 1. The number of hydrogen-bond donors (Lipinski definition) is 0. The molecule has 7 heteroatoms. The van der Waals surface area contributed by atoms with Gasteiger partial charge in [0, 0.05) is 24.1 Å². The first-order valence-electron chi connectivity index (χ1n) is 10.6. The second-order valence-electron chi connectivity index (χ2n) is 7.25. The Morgan fingerprint density at radius 1 is 1.00 bits per heavy atom. The maximum atomic E-state index is 13.2. The number of aryl methyl sites for hydroxylation is 1. The molecule has 2 aromatic rings. The lowest BCUT2D eigenvalue weighted by Gasteiger charge is -2.17. The Morgan fingerprint density at radius 2 is 1.69 bits per heavy atom. The van der Waals surface area contributed by atoms with Gasteiger partial charge in [0.25, 0.3) is 11.2 Å². The predicted octanol–water partition coefficient (Wildman–Crippen LogP) is 5.46. The molecule has 0 bridgehead atoms. The first-order chi connectivity index (χ1) is 14.0. The van der Waals surface area contributed by atoms with Crippen molar-refractivity contribution in [3.8, 4) is 11.5 Å². The van der Waals surface area contributed by atoms with Crippen molar-refractivity contribution in [3.05, 3.63) is 38.7 Å². The van der Waals surface area contributed by atoms with Crippen molar-refractivity contribution >= 4 is 16.6 Å². The van der Waals surface area contributed by atoms with Gasteiger partial charge in [-0.2, -0.15) is 0 Å². The fourth-order valence-corrected chi connectivity index (χ4v) is 3.42. The maximum Gasteiger partial charge on any atom is 0.297 e. The summed E-state index contributed by atoms with van der Waals surface area (Å²) >= 11 is 0. The van der Waals surface area contributed by atoms with Gasteiger partial charge >= 0.3 is 0 Å². The predicted molar refractivity (Wildman–Crippen MR) is 115 cm³/mol. The molecular weight excluding hydrogens is 372 g/mol. The first-order valence-corrected chi connectivity index (χ1v) is 10.6. The summed E-state index contributed by atoms with van der Waals surface area (Å²) in [4.78, 5) is 24.0. The standard InChI is InChI=1S/C22H32N2O5/c1-4-6-8-9-10-11-14-23-19-16-17(24(26)27)12-13-18(19)20(28-3)21(22(23)25)29-15-7-5-2/h12-13,16H,4-11,14-15H2,1-3H3. The average molecular weight is 405 g/mol. The van der Waals surface area contributed by atoms with Crippen LogP contribution in [0.4, 0.5) is 5.69 Å². The van der Waals surface area contributed by atoms with Crippen molar-refractivity contribution in [2.75, 3.05) is 13.7 Å². The number of ether oxygens (including phenoxy) is 2. The smallest absolute Gasteiger partial charge is 0.297 e. The van der Waals surface area contributed by atoms with E-state index in [1.165, 1.54) is 38.5 Å². The van der Waals surface area contributed by atoms with Crippen molar-refractivity contribution in [1.29, 1.82) is 0 Å². The van der Waals surface area contributed by atoms with Crippen molar-refractivity contribution in [2.45, 2.75) is 71.8 Å². The molecule has 2 rings (SSSR count). The van der Waals surface area contributed by atoms with E-state index in [2.05, 4.69) is 13.8 Å². The zero-order chi connectivity index (χ0) is 21.2. The molecule has 0 N–H and O–H groups in total. The summed E-state index contributed by atoms with van der Waals surface area (Å²) in [5, 5.41) is 11.9. The Hall–Kier alpha value is -2.57. The van der Waals surface area contributed by atoms with E-state index < -0.39 is 4.92 Å². The van der Waals surface area contributed by atoms with Crippen LogP contribution >= 0.6 is 0 Å². The third-order valence-electron chi connectivity index (χ3n) is 5.06. The highest BCUT2D eigenvalue weighted by Gasteiger charge is 2.21. The number of benzene rings is 1. The third kappa shape index (κ3) is 5.71. The lowest BCUT2D eigenvalue weighted by atomic mass is 10.1. The quantitative estimate of drug-likeness (QED) is 0.251. The first kappa shape index (κ1) is 22.7. The van der Waals surface area contributed by atoms with Crippen LogP contribution in [0.3, 0.4) is 0 Å². The number of hydrogen-bond acceptors (Lipinski definition) is 5. The van der Waals surface area contributed by atoms with E-state index in [4.69, 9.17) is 9.47 Å². The number of fused-ring (bicyclic) bond motifs is 1. The highest BCUT2D eigenvalue weighted by molar-refractivity contribution is 5.89. The number of nitrogens with zero attached hydrogens (tertiary/aromatic N) is 2. The molecule has 1 heterocycles. The van der Waals surface area contributed by atoms with E-state index in [1.807, 2.05) is 0 Å². The van der Waals surface area contributed by atoms with Gasteiger partial charge in [-0.1, -0.05) is 52.4 Å². The van der Waals surface area contributed by atoms with Gasteiger partial charge in [0.1, 0.15) is 0 Å². The van der Waals surface area contributed by atoms with Gasteiger partial charge in [0.15, 0.2) is 5.75 Å². The Labute approximate surface area is 171 Å². The van der Waals surface area contributed by atoms with Gasteiger partial charge in [-0.3, -0.25) is 14.9 Å². The largest absolute Gasteiger partial charge is 0.492 e. The summed E-state index contributed by atoms with van der Waals surface area (Å²) in [6, 6.07) is 4.52. The Bertz CT molecular complexity index is 876. The van der Waals surface area contributed by atoms with Crippen LogP contribution in [0.1, 0.15) is 65.2 Å². The SMILES string of the molecule is CCCCCCCCn1c(=O)c(OCCCC)c(OC)c2ccc([N+](=O)[O-])cc21. The van der Waals surface area contributed by atoms with Gasteiger partial charge in [-0.15, -0.1) is 0 Å². The fourth-order valence-electron chi connectivity index (χ4n) is 3.42. The van der Waals surface area contributed by atoms with E-state index in [9.17, 15) is 14.9 Å². The monoisotopic (exact) mass is 404 g/mol. The molecule has 0 aliphatic rings. The van der Waals surface area contributed by atoms with Gasteiger partial charge in [0.05, 0.1) is 24.2 Å². The van der Waals surface area contributed by atoms with Gasteiger partial charge in [-0.25, -0.2) is 0 Å². The van der Waals surface area contributed by atoms with Crippen LogP contribution in [0.25, 0.3) is 10.9 Å². The Kier molecular flexibility index (Phi) is 8.96. The molecule has 160 valence electrons. The summed E-state index contributed by atoms with van der Waals surface area (Å²) in [6.45, 7) is 5.15. The van der Waals surface area contributed by atoms with E-state index in [1.54, 1.807) is 10.6 Å². The second kappa shape index (κ2) is 11.4. The maximum absolute atomic E-state index is 13.2. The van der Waals surface area contributed by atoms with Gasteiger partial charge < -0.3 is 14.0 Å². The number of unbranched alkanes of at least 4 members (excludes halogenated alkanes) is 6. The number of nitro benzene ring substituents is 1. The number of methoxy groups -OCH3 is 1. The molecule has 0 radical (unpaired) electrons. The zero-order valence-corrected chi connectivity index (χ0v) is 17.7. The molecule has 1 aromatic heterocycles. The van der Waals surface area contributed by atoms with Crippen LogP contribution in [0, 0.1) is 10.1 Å². The minimum Gasteiger partial charge on any atom is -0.492 e. The van der Waals surface area contributed by atoms with Crippen molar-refractivity contribution in [2.24, 2.45) is 0 Å². The highest BCUT2D eigenvalue weighted by Crippen LogP contribution is 2.34. The molecule has 0 aliphatic carbocycles. The molecule has 7 nitrogen and oxygen atoms in total. The molecule has 0 unspecified atom stereocenters. The molecule has 0 saturated heterocycles. The number of aromatic nitrogens is 1.